The molecule has 0 bridgehead atoms. The van der Waals surface area contributed by atoms with Crippen LogP contribution in [0.3, 0.4) is 0 Å². The van der Waals surface area contributed by atoms with Gasteiger partial charge in [0.2, 0.25) is 5.91 Å². The minimum Gasteiger partial charge on any atom is -0.348 e. The summed E-state index contributed by atoms with van der Waals surface area (Å²) >= 11 is 0. The van der Waals surface area contributed by atoms with Gasteiger partial charge in [-0.25, -0.2) is 0 Å². The summed E-state index contributed by atoms with van der Waals surface area (Å²) in [5.41, 5.74) is 7.07. The average Bonchev–Trinajstić information content (AvgIpc) is 2.52. The van der Waals surface area contributed by atoms with Crippen molar-refractivity contribution >= 4 is 16.7 Å². The van der Waals surface area contributed by atoms with Gasteiger partial charge in [-0.1, -0.05) is 56.7 Å². The molecule has 3 N–H and O–H groups in total. The van der Waals surface area contributed by atoms with Gasteiger partial charge in [-0.3, -0.25) is 4.79 Å². The minimum absolute atomic E-state index is 0.0442. The lowest BCUT2D eigenvalue weighted by Gasteiger charge is -2.21. The van der Waals surface area contributed by atoms with E-state index in [1.165, 1.54) is 10.8 Å². The number of nitrogens with one attached hydrogen (secondary N) is 1. The Balaban J connectivity index is 2.11. The van der Waals surface area contributed by atoms with E-state index in [-0.39, 0.29) is 17.9 Å². The molecule has 0 saturated heterocycles. The molecule has 2 rings (SSSR count). The molecule has 2 aromatic carbocycles. The number of rotatable bonds is 5. The van der Waals surface area contributed by atoms with Crippen molar-refractivity contribution in [1.29, 1.82) is 0 Å². The van der Waals surface area contributed by atoms with Gasteiger partial charge in [-0.2, -0.15) is 0 Å². The molecule has 0 heterocycles. The zero-order valence-corrected chi connectivity index (χ0v) is 13.0. The van der Waals surface area contributed by atoms with Crippen molar-refractivity contribution < 1.29 is 4.79 Å². The van der Waals surface area contributed by atoms with Crippen LogP contribution in [0.5, 0.6) is 0 Å². The van der Waals surface area contributed by atoms with Crippen molar-refractivity contribution in [3.05, 3.63) is 48.0 Å². The largest absolute Gasteiger partial charge is 0.348 e. The minimum atomic E-state index is -0.446. The van der Waals surface area contributed by atoms with Gasteiger partial charge in [0, 0.05) is 0 Å². The van der Waals surface area contributed by atoms with E-state index in [1.807, 2.05) is 32.9 Å². The van der Waals surface area contributed by atoms with Crippen molar-refractivity contribution in [1.82, 2.24) is 5.32 Å². The fraction of sp³-hybridized carbons (Fsp3) is 0.389. The molecule has 21 heavy (non-hydrogen) atoms. The summed E-state index contributed by atoms with van der Waals surface area (Å²) in [6, 6.07) is 14.0. The maximum absolute atomic E-state index is 12.2. The highest BCUT2D eigenvalue weighted by molar-refractivity contribution is 5.84. The van der Waals surface area contributed by atoms with E-state index in [2.05, 4.69) is 35.6 Å². The summed E-state index contributed by atoms with van der Waals surface area (Å²) < 4.78 is 0. The molecule has 2 aromatic rings. The topological polar surface area (TPSA) is 55.1 Å². The molecule has 3 unspecified atom stereocenters. The number of fused-ring (bicyclic) bond motifs is 1. The second-order valence-corrected chi connectivity index (χ2v) is 5.75. The normalized spacial score (nSPS) is 15.4. The van der Waals surface area contributed by atoms with Crippen molar-refractivity contribution in [3.8, 4) is 0 Å². The SMILES string of the molecule is CCC(C)C(N)C(=O)NC(C)c1ccc2ccccc2c1. The lowest BCUT2D eigenvalue weighted by atomic mass is 9.98. The number of carbonyl (C=O) groups excluding carboxylic acids is 1. The first-order valence-corrected chi connectivity index (χ1v) is 7.57. The van der Waals surface area contributed by atoms with Gasteiger partial charge < -0.3 is 11.1 Å². The second-order valence-electron chi connectivity index (χ2n) is 5.75. The Kier molecular flexibility index (Phi) is 4.97. The molecule has 3 atom stereocenters. The highest BCUT2D eigenvalue weighted by atomic mass is 16.2. The zero-order valence-electron chi connectivity index (χ0n) is 13.0. The number of carbonyl (C=O) groups is 1. The lowest BCUT2D eigenvalue weighted by Crippen LogP contribution is -2.45. The van der Waals surface area contributed by atoms with Gasteiger partial charge >= 0.3 is 0 Å². The molecule has 0 aliphatic heterocycles. The highest BCUT2D eigenvalue weighted by Crippen LogP contribution is 2.20. The van der Waals surface area contributed by atoms with E-state index in [0.717, 1.165) is 12.0 Å². The Bertz CT molecular complexity index is 623. The molecular weight excluding hydrogens is 260 g/mol. The van der Waals surface area contributed by atoms with Gasteiger partial charge in [-0.15, -0.1) is 0 Å². The molecule has 0 spiro atoms. The number of benzene rings is 2. The van der Waals surface area contributed by atoms with E-state index in [4.69, 9.17) is 5.73 Å². The van der Waals surface area contributed by atoms with Crippen LogP contribution in [-0.2, 0) is 4.79 Å². The molecule has 3 nitrogen and oxygen atoms in total. The number of amides is 1. The number of hydrogen-bond acceptors (Lipinski definition) is 2. The fourth-order valence-corrected chi connectivity index (χ4v) is 2.38. The Morgan fingerprint density at radius 2 is 1.81 bits per heavy atom. The van der Waals surface area contributed by atoms with Crippen LogP contribution in [0.15, 0.2) is 42.5 Å². The van der Waals surface area contributed by atoms with E-state index < -0.39 is 6.04 Å². The maximum Gasteiger partial charge on any atom is 0.237 e. The van der Waals surface area contributed by atoms with Crippen molar-refractivity contribution in [2.45, 2.75) is 39.3 Å². The fourth-order valence-electron chi connectivity index (χ4n) is 2.38. The van der Waals surface area contributed by atoms with Crippen LogP contribution >= 0.6 is 0 Å². The third kappa shape index (κ3) is 3.61. The van der Waals surface area contributed by atoms with Crippen LogP contribution in [0.25, 0.3) is 10.8 Å². The molecule has 0 fully saturated rings. The van der Waals surface area contributed by atoms with Crippen LogP contribution in [0.2, 0.25) is 0 Å². The summed E-state index contributed by atoms with van der Waals surface area (Å²) in [6.07, 6.45) is 0.902. The number of hydrogen-bond donors (Lipinski definition) is 2. The lowest BCUT2D eigenvalue weighted by molar-refractivity contribution is -0.124. The first kappa shape index (κ1) is 15.5. The second kappa shape index (κ2) is 6.72. The summed E-state index contributed by atoms with van der Waals surface area (Å²) in [6.45, 7) is 6.04. The zero-order chi connectivity index (χ0) is 15.4. The van der Waals surface area contributed by atoms with Gasteiger partial charge in [0.15, 0.2) is 0 Å². The van der Waals surface area contributed by atoms with Crippen LogP contribution in [0.1, 0.15) is 38.8 Å². The standard InChI is InChI=1S/C18H24N2O/c1-4-12(2)17(19)18(21)20-13(3)15-10-9-14-7-5-6-8-16(14)11-15/h5-13,17H,4,19H2,1-3H3,(H,20,21). The predicted octanol–water partition coefficient (Wildman–Crippen LogP) is 3.39. The monoisotopic (exact) mass is 284 g/mol. The third-order valence-corrected chi connectivity index (χ3v) is 4.19. The molecule has 1 amide bonds. The number of nitrogens with two attached hydrogens (primary N) is 1. The third-order valence-electron chi connectivity index (χ3n) is 4.19. The average molecular weight is 284 g/mol. The summed E-state index contributed by atoms with van der Waals surface area (Å²) in [5, 5.41) is 5.40. The molecule has 0 saturated carbocycles. The molecule has 0 aliphatic carbocycles. The van der Waals surface area contributed by atoms with Crippen molar-refractivity contribution in [3.63, 3.8) is 0 Å². The van der Waals surface area contributed by atoms with E-state index in [1.54, 1.807) is 0 Å². The highest BCUT2D eigenvalue weighted by Gasteiger charge is 2.21. The predicted molar refractivity (Wildman–Crippen MR) is 87.9 cm³/mol. The summed E-state index contributed by atoms with van der Waals surface area (Å²) in [4.78, 5) is 12.2. The van der Waals surface area contributed by atoms with Gasteiger partial charge in [0.05, 0.1) is 12.1 Å². The molecule has 3 heteroatoms. The van der Waals surface area contributed by atoms with E-state index in [9.17, 15) is 4.79 Å². The Labute approximate surface area is 126 Å². The summed E-state index contributed by atoms with van der Waals surface area (Å²) in [5.74, 6) is 0.110. The molecule has 112 valence electrons. The molecule has 0 aliphatic rings. The summed E-state index contributed by atoms with van der Waals surface area (Å²) in [7, 11) is 0. The van der Waals surface area contributed by atoms with Gasteiger partial charge in [-0.05, 0) is 35.2 Å². The van der Waals surface area contributed by atoms with E-state index in [0.29, 0.717) is 0 Å². The Morgan fingerprint density at radius 1 is 1.14 bits per heavy atom. The van der Waals surface area contributed by atoms with Gasteiger partial charge in [0.25, 0.3) is 0 Å². The maximum atomic E-state index is 12.2. The molecular formula is C18H24N2O. The van der Waals surface area contributed by atoms with Crippen molar-refractivity contribution in [2.75, 3.05) is 0 Å². The van der Waals surface area contributed by atoms with Crippen LogP contribution in [0, 0.1) is 5.92 Å². The first-order valence-electron chi connectivity index (χ1n) is 7.57. The molecule has 0 aromatic heterocycles. The van der Waals surface area contributed by atoms with Crippen LogP contribution in [0.4, 0.5) is 0 Å². The Morgan fingerprint density at radius 3 is 2.48 bits per heavy atom. The van der Waals surface area contributed by atoms with Crippen LogP contribution < -0.4 is 11.1 Å². The smallest absolute Gasteiger partial charge is 0.237 e. The van der Waals surface area contributed by atoms with Crippen molar-refractivity contribution in [2.24, 2.45) is 11.7 Å². The Hall–Kier alpha value is -1.87. The molecule has 0 radical (unpaired) electrons. The first-order chi connectivity index (χ1) is 10.0. The van der Waals surface area contributed by atoms with E-state index >= 15 is 0 Å². The van der Waals surface area contributed by atoms with Gasteiger partial charge in [0.1, 0.15) is 0 Å². The van der Waals surface area contributed by atoms with Crippen LogP contribution in [-0.4, -0.2) is 11.9 Å². The quantitative estimate of drug-likeness (QED) is 0.884.